The molecule has 7 nitrogen and oxygen atoms in total. The van der Waals surface area contributed by atoms with Gasteiger partial charge in [-0.25, -0.2) is 9.97 Å². The van der Waals surface area contributed by atoms with Crippen LogP contribution in [0.15, 0.2) is 30.5 Å². The van der Waals surface area contributed by atoms with Gasteiger partial charge in [0.1, 0.15) is 5.75 Å². The van der Waals surface area contributed by atoms with E-state index in [4.69, 9.17) is 26.1 Å². The van der Waals surface area contributed by atoms with Gasteiger partial charge in [0, 0.05) is 49.4 Å². The van der Waals surface area contributed by atoms with Gasteiger partial charge in [0.2, 0.25) is 11.9 Å². The Hall–Kier alpha value is -2.38. The van der Waals surface area contributed by atoms with Crippen LogP contribution in [0.25, 0.3) is 0 Å². The lowest BCUT2D eigenvalue weighted by atomic mass is 10.1. The van der Waals surface area contributed by atoms with Crippen LogP contribution in [0.5, 0.6) is 5.75 Å². The minimum atomic E-state index is 0.108. The molecule has 1 fully saturated rings. The van der Waals surface area contributed by atoms with Crippen LogP contribution in [0.2, 0.25) is 5.02 Å². The standard InChI is InChI=1S/C20H23ClN4O3/c21-16-1-3-17(4-2-16)28-12-6-19(26)24-7-9-25(10-8-24)20-22-13-15-14-27-11-5-18(15)23-20/h1-4,13H,5-12,14H2. The third-order valence-corrected chi connectivity index (χ3v) is 5.25. The second-order valence-electron chi connectivity index (χ2n) is 6.86. The van der Waals surface area contributed by atoms with Gasteiger partial charge in [-0.05, 0) is 24.3 Å². The largest absolute Gasteiger partial charge is 0.493 e. The Labute approximate surface area is 169 Å². The van der Waals surface area contributed by atoms with E-state index < -0.39 is 0 Å². The Morgan fingerprint density at radius 1 is 1.18 bits per heavy atom. The molecular formula is C20H23ClN4O3. The van der Waals surface area contributed by atoms with E-state index >= 15 is 0 Å². The maximum Gasteiger partial charge on any atom is 0.226 e. The van der Waals surface area contributed by atoms with Crippen molar-refractivity contribution in [1.29, 1.82) is 0 Å². The van der Waals surface area contributed by atoms with E-state index in [1.807, 2.05) is 11.1 Å². The number of amides is 1. The van der Waals surface area contributed by atoms with E-state index in [0.717, 1.165) is 42.5 Å². The van der Waals surface area contributed by atoms with Gasteiger partial charge in [-0.15, -0.1) is 0 Å². The summed E-state index contributed by atoms with van der Waals surface area (Å²) in [5.74, 6) is 1.58. The number of rotatable bonds is 5. The van der Waals surface area contributed by atoms with E-state index in [0.29, 0.717) is 44.4 Å². The number of hydrogen-bond acceptors (Lipinski definition) is 6. The summed E-state index contributed by atoms with van der Waals surface area (Å²) >= 11 is 5.85. The fourth-order valence-corrected chi connectivity index (χ4v) is 3.50. The predicted molar refractivity (Wildman–Crippen MR) is 106 cm³/mol. The molecule has 1 saturated heterocycles. The number of halogens is 1. The molecule has 0 N–H and O–H groups in total. The SMILES string of the molecule is O=C(CCOc1ccc(Cl)cc1)N1CCN(c2ncc3c(n2)CCOC3)CC1. The van der Waals surface area contributed by atoms with Crippen molar-refractivity contribution in [2.24, 2.45) is 0 Å². The van der Waals surface area contributed by atoms with Crippen molar-refractivity contribution in [1.82, 2.24) is 14.9 Å². The summed E-state index contributed by atoms with van der Waals surface area (Å²) in [6, 6.07) is 7.15. The fourth-order valence-electron chi connectivity index (χ4n) is 3.37. The Kier molecular flexibility index (Phi) is 5.92. The molecule has 8 heteroatoms. The molecule has 2 aromatic rings. The second-order valence-corrected chi connectivity index (χ2v) is 7.30. The van der Waals surface area contributed by atoms with Crippen molar-refractivity contribution >= 4 is 23.5 Å². The van der Waals surface area contributed by atoms with Crippen LogP contribution in [0, 0.1) is 0 Å². The Morgan fingerprint density at radius 2 is 1.96 bits per heavy atom. The minimum absolute atomic E-state index is 0.108. The lowest BCUT2D eigenvalue weighted by molar-refractivity contribution is -0.132. The number of fused-ring (bicyclic) bond motifs is 1. The summed E-state index contributed by atoms with van der Waals surface area (Å²) in [6.07, 6.45) is 3.05. The number of ether oxygens (including phenoxy) is 2. The highest BCUT2D eigenvalue weighted by molar-refractivity contribution is 6.30. The Bertz CT molecular complexity index is 823. The molecule has 0 bridgehead atoms. The summed E-state index contributed by atoms with van der Waals surface area (Å²) in [5, 5.41) is 0.664. The zero-order valence-corrected chi connectivity index (χ0v) is 16.4. The molecule has 2 aliphatic rings. The topological polar surface area (TPSA) is 67.8 Å². The lowest BCUT2D eigenvalue weighted by Crippen LogP contribution is -2.49. The first-order valence-electron chi connectivity index (χ1n) is 9.53. The molecule has 1 aromatic carbocycles. The van der Waals surface area contributed by atoms with Crippen LogP contribution >= 0.6 is 11.6 Å². The van der Waals surface area contributed by atoms with Crippen molar-refractivity contribution in [2.45, 2.75) is 19.4 Å². The predicted octanol–water partition coefficient (Wildman–Crippen LogP) is 2.32. The molecule has 4 rings (SSSR count). The number of carbonyl (C=O) groups is 1. The normalized spacial score (nSPS) is 16.6. The molecule has 1 aromatic heterocycles. The smallest absolute Gasteiger partial charge is 0.226 e. The van der Waals surface area contributed by atoms with Crippen LogP contribution in [-0.4, -0.2) is 60.2 Å². The molecule has 2 aliphatic heterocycles. The molecule has 0 saturated carbocycles. The molecular weight excluding hydrogens is 380 g/mol. The van der Waals surface area contributed by atoms with Crippen molar-refractivity contribution in [2.75, 3.05) is 44.3 Å². The van der Waals surface area contributed by atoms with Crippen molar-refractivity contribution in [3.8, 4) is 5.75 Å². The molecule has 0 spiro atoms. The quantitative estimate of drug-likeness (QED) is 0.764. The van der Waals surface area contributed by atoms with Gasteiger partial charge in [-0.2, -0.15) is 0 Å². The van der Waals surface area contributed by atoms with Crippen molar-refractivity contribution in [3.63, 3.8) is 0 Å². The maximum atomic E-state index is 12.4. The van der Waals surface area contributed by atoms with Gasteiger partial charge in [0.05, 0.1) is 31.9 Å². The van der Waals surface area contributed by atoms with Gasteiger partial charge in [-0.3, -0.25) is 4.79 Å². The van der Waals surface area contributed by atoms with Gasteiger partial charge in [0.25, 0.3) is 0 Å². The summed E-state index contributed by atoms with van der Waals surface area (Å²) in [4.78, 5) is 25.6. The molecule has 0 unspecified atom stereocenters. The number of carbonyl (C=O) groups excluding carboxylic acids is 1. The van der Waals surface area contributed by atoms with E-state index in [1.165, 1.54) is 0 Å². The molecule has 3 heterocycles. The third kappa shape index (κ3) is 4.54. The number of piperazine rings is 1. The maximum absolute atomic E-state index is 12.4. The van der Waals surface area contributed by atoms with Gasteiger partial charge >= 0.3 is 0 Å². The van der Waals surface area contributed by atoms with Crippen LogP contribution in [0.1, 0.15) is 17.7 Å². The van der Waals surface area contributed by atoms with Gasteiger partial charge in [0.15, 0.2) is 0 Å². The van der Waals surface area contributed by atoms with E-state index in [1.54, 1.807) is 24.3 Å². The van der Waals surface area contributed by atoms with Crippen LogP contribution in [-0.2, 0) is 22.6 Å². The number of anilines is 1. The molecule has 0 aliphatic carbocycles. The third-order valence-electron chi connectivity index (χ3n) is 5.00. The van der Waals surface area contributed by atoms with Crippen LogP contribution < -0.4 is 9.64 Å². The molecule has 0 atom stereocenters. The highest BCUT2D eigenvalue weighted by Gasteiger charge is 2.23. The Morgan fingerprint density at radius 3 is 2.75 bits per heavy atom. The summed E-state index contributed by atoms with van der Waals surface area (Å²) < 4.78 is 11.1. The Balaban J connectivity index is 1.24. The van der Waals surface area contributed by atoms with Gasteiger partial charge < -0.3 is 19.3 Å². The summed E-state index contributed by atoms with van der Waals surface area (Å²) in [6.45, 7) is 4.47. The van der Waals surface area contributed by atoms with Crippen molar-refractivity contribution in [3.05, 3.63) is 46.7 Å². The van der Waals surface area contributed by atoms with Gasteiger partial charge in [-0.1, -0.05) is 11.6 Å². The fraction of sp³-hybridized carbons (Fsp3) is 0.450. The highest BCUT2D eigenvalue weighted by atomic mass is 35.5. The monoisotopic (exact) mass is 402 g/mol. The second kappa shape index (κ2) is 8.75. The number of nitrogens with zero attached hydrogens (tertiary/aromatic N) is 4. The average Bonchev–Trinajstić information content (AvgIpc) is 2.75. The zero-order chi connectivity index (χ0) is 19.3. The highest BCUT2D eigenvalue weighted by Crippen LogP contribution is 2.19. The number of aromatic nitrogens is 2. The summed E-state index contributed by atoms with van der Waals surface area (Å²) in [7, 11) is 0. The number of hydrogen-bond donors (Lipinski definition) is 0. The molecule has 148 valence electrons. The van der Waals surface area contributed by atoms with E-state index in [9.17, 15) is 4.79 Å². The minimum Gasteiger partial charge on any atom is -0.493 e. The molecule has 1 amide bonds. The van der Waals surface area contributed by atoms with Crippen LogP contribution in [0.4, 0.5) is 5.95 Å². The van der Waals surface area contributed by atoms with Crippen LogP contribution in [0.3, 0.4) is 0 Å². The van der Waals surface area contributed by atoms with E-state index in [-0.39, 0.29) is 5.91 Å². The average molecular weight is 403 g/mol. The first-order chi connectivity index (χ1) is 13.7. The van der Waals surface area contributed by atoms with E-state index in [2.05, 4.69) is 9.88 Å². The molecule has 0 radical (unpaired) electrons. The first kappa shape index (κ1) is 19.0. The zero-order valence-electron chi connectivity index (χ0n) is 15.6. The molecule has 28 heavy (non-hydrogen) atoms. The number of benzene rings is 1. The lowest BCUT2D eigenvalue weighted by Gasteiger charge is -2.35. The van der Waals surface area contributed by atoms with Crippen molar-refractivity contribution < 1.29 is 14.3 Å². The first-order valence-corrected chi connectivity index (χ1v) is 9.90. The summed E-state index contributed by atoms with van der Waals surface area (Å²) in [5.41, 5.74) is 2.15.